The number of likely N-dealkylation sites (tertiary alicyclic amines) is 3. The van der Waals surface area contributed by atoms with Crippen LogP contribution in [-0.4, -0.2) is 58.7 Å². The second-order valence-electron chi connectivity index (χ2n) is 9.67. The standard InChI is InChI=1S/C26H29Cl2N3O2.H2S/c27-22-7-4-8-23(28)21(22)17-31-24(9-10-25(31)32)26(33)30-15-19-11-20(16-30)14-29(13-19)12-18-5-2-1-3-6-18;/h1-8,19-20,24H,9-17H2;1H2/t19?,20?,24-;/m0./s1. The maximum atomic E-state index is 13.6. The molecule has 2 unspecified atom stereocenters. The number of carbonyl (C=O) groups is 2. The van der Waals surface area contributed by atoms with Crippen LogP contribution in [0, 0.1) is 11.8 Å². The molecule has 8 heteroatoms. The van der Waals surface area contributed by atoms with Gasteiger partial charge in [-0.15, -0.1) is 0 Å². The van der Waals surface area contributed by atoms with Crippen molar-refractivity contribution in [2.24, 2.45) is 11.8 Å². The van der Waals surface area contributed by atoms with E-state index in [0.717, 1.165) is 32.7 Å². The summed E-state index contributed by atoms with van der Waals surface area (Å²) in [6.07, 6.45) is 2.13. The van der Waals surface area contributed by atoms with Crippen LogP contribution in [0.2, 0.25) is 10.0 Å². The van der Waals surface area contributed by atoms with E-state index in [1.54, 1.807) is 23.1 Å². The monoisotopic (exact) mass is 519 g/mol. The highest BCUT2D eigenvalue weighted by Crippen LogP contribution is 2.33. The first-order chi connectivity index (χ1) is 16.0. The van der Waals surface area contributed by atoms with Gasteiger partial charge in [0.1, 0.15) is 6.04 Å². The minimum atomic E-state index is -0.427. The lowest BCUT2D eigenvalue weighted by atomic mass is 9.84. The number of benzene rings is 2. The van der Waals surface area contributed by atoms with Crippen molar-refractivity contribution < 1.29 is 9.59 Å². The van der Waals surface area contributed by atoms with Crippen LogP contribution in [0.4, 0.5) is 0 Å². The molecule has 5 rings (SSSR count). The maximum Gasteiger partial charge on any atom is 0.245 e. The van der Waals surface area contributed by atoms with Gasteiger partial charge in [0.15, 0.2) is 0 Å². The highest BCUT2D eigenvalue weighted by atomic mass is 35.5. The van der Waals surface area contributed by atoms with Gasteiger partial charge in [0, 0.05) is 61.3 Å². The third-order valence-corrected chi connectivity index (χ3v) is 7.93. The van der Waals surface area contributed by atoms with Gasteiger partial charge in [0.25, 0.3) is 0 Å². The fourth-order valence-corrected chi connectivity index (χ4v) is 6.31. The van der Waals surface area contributed by atoms with Crippen molar-refractivity contribution in [3.63, 3.8) is 0 Å². The second-order valence-corrected chi connectivity index (χ2v) is 10.5. The van der Waals surface area contributed by atoms with Crippen LogP contribution in [-0.2, 0) is 22.7 Å². The van der Waals surface area contributed by atoms with Crippen LogP contribution in [0.1, 0.15) is 30.4 Å². The predicted octanol–water partition coefficient (Wildman–Crippen LogP) is 4.58. The Morgan fingerprint density at radius 1 is 0.882 bits per heavy atom. The zero-order chi connectivity index (χ0) is 22.9. The first-order valence-corrected chi connectivity index (χ1v) is 12.5. The Hall–Kier alpha value is -1.73. The number of nitrogens with zero attached hydrogens (tertiary/aromatic N) is 3. The zero-order valence-corrected chi connectivity index (χ0v) is 21.6. The van der Waals surface area contributed by atoms with Gasteiger partial charge in [-0.05, 0) is 42.4 Å². The Balaban J connectivity index is 0.00000274. The molecule has 0 N–H and O–H groups in total. The predicted molar refractivity (Wildman–Crippen MR) is 140 cm³/mol. The van der Waals surface area contributed by atoms with Gasteiger partial charge in [-0.3, -0.25) is 14.5 Å². The van der Waals surface area contributed by atoms with Gasteiger partial charge in [0.05, 0.1) is 0 Å². The number of carbonyl (C=O) groups excluding carboxylic acids is 2. The summed E-state index contributed by atoms with van der Waals surface area (Å²) in [6, 6.07) is 15.5. The lowest BCUT2D eigenvalue weighted by Crippen LogP contribution is -2.57. The number of piperidine rings is 2. The Morgan fingerprint density at radius 3 is 2.18 bits per heavy atom. The number of halogens is 2. The van der Waals surface area contributed by atoms with Crippen molar-refractivity contribution in [3.8, 4) is 0 Å². The van der Waals surface area contributed by atoms with Crippen molar-refractivity contribution in [1.82, 2.24) is 14.7 Å². The van der Waals surface area contributed by atoms with Gasteiger partial charge >= 0.3 is 0 Å². The number of rotatable bonds is 5. The summed E-state index contributed by atoms with van der Waals surface area (Å²) >= 11 is 12.7. The molecule has 0 saturated carbocycles. The molecule has 2 aromatic carbocycles. The first kappa shape index (κ1) is 25.4. The maximum absolute atomic E-state index is 13.6. The van der Waals surface area contributed by atoms with Crippen molar-refractivity contribution in [1.29, 1.82) is 0 Å². The summed E-state index contributed by atoms with van der Waals surface area (Å²) in [6.45, 7) is 4.80. The van der Waals surface area contributed by atoms with Crippen LogP contribution in [0.3, 0.4) is 0 Å². The highest BCUT2D eigenvalue weighted by molar-refractivity contribution is 7.59. The minimum Gasteiger partial charge on any atom is -0.340 e. The van der Waals surface area contributed by atoms with Gasteiger partial charge in [-0.2, -0.15) is 13.5 Å². The third kappa shape index (κ3) is 5.40. The molecule has 3 heterocycles. The van der Waals surface area contributed by atoms with Crippen LogP contribution in [0.15, 0.2) is 48.5 Å². The Labute approximate surface area is 218 Å². The van der Waals surface area contributed by atoms with Crippen LogP contribution < -0.4 is 0 Å². The molecule has 3 fully saturated rings. The van der Waals surface area contributed by atoms with Crippen molar-refractivity contribution in [2.45, 2.75) is 38.4 Å². The molecular formula is C26H31Cl2N3O2S. The topological polar surface area (TPSA) is 43.9 Å². The van der Waals surface area contributed by atoms with Crippen LogP contribution in [0.5, 0.6) is 0 Å². The summed E-state index contributed by atoms with van der Waals surface area (Å²) < 4.78 is 0. The van der Waals surface area contributed by atoms with E-state index in [2.05, 4.69) is 35.2 Å². The van der Waals surface area contributed by atoms with Gasteiger partial charge in [-0.1, -0.05) is 59.6 Å². The van der Waals surface area contributed by atoms with Gasteiger partial charge in [-0.25, -0.2) is 0 Å². The van der Waals surface area contributed by atoms with E-state index in [-0.39, 0.29) is 31.9 Å². The minimum absolute atomic E-state index is 0. The van der Waals surface area contributed by atoms with E-state index in [1.165, 1.54) is 12.0 Å². The van der Waals surface area contributed by atoms with E-state index < -0.39 is 6.04 Å². The Kier molecular flexibility index (Phi) is 8.13. The Bertz CT molecular complexity index is 1000. The third-order valence-electron chi connectivity index (χ3n) is 7.22. The molecule has 3 aliphatic rings. The van der Waals surface area contributed by atoms with E-state index in [1.807, 2.05) is 4.90 Å². The average Bonchev–Trinajstić information content (AvgIpc) is 3.16. The van der Waals surface area contributed by atoms with E-state index >= 15 is 0 Å². The molecule has 3 saturated heterocycles. The number of amides is 2. The largest absolute Gasteiger partial charge is 0.340 e. The molecule has 5 nitrogen and oxygen atoms in total. The molecule has 34 heavy (non-hydrogen) atoms. The summed E-state index contributed by atoms with van der Waals surface area (Å²) in [5.74, 6) is 1.04. The summed E-state index contributed by atoms with van der Waals surface area (Å²) in [5.41, 5.74) is 2.05. The highest BCUT2D eigenvalue weighted by Gasteiger charge is 2.42. The smallest absolute Gasteiger partial charge is 0.245 e. The van der Waals surface area contributed by atoms with E-state index in [0.29, 0.717) is 40.3 Å². The van der Waals surface area contributed by atoms with Crippen molar-refractivity contribution >= 4 is 48.5 Å². The summed E-state index contributed by atoms with van der Waals surface area (Å²) in [7, 11) is 0. The fraction of sp³-hybridized carbons (Fsp3) is 0.462. The van der Waals surface area contributed by atoms with Crippen molar-refractivity contribution in [2.75, 3.05) is 26.2 Å². The molecule has 0 aromatic heterocycles. The number of fused-ring (bicyclic) bond motifs is 2. The fourth-order valence-electron chi connectivity index (χ4n) is 5.79. The molecule has 2 aromatic rings. The summed E-state index contributed by atoms with van der Waals surface area (Å²) in [5, 5.41) is 1.05. The molecular weight excluding hydrogens is 489 g/mol. The van der Waals surface area contributed by atoms with Gasteiger partial charge in [0.2, 0.25) is 11.8 Å². The number of hydrogen-bond donors (Lipinski definition) is 0. The molecule has 2 amide bonds. The second kappa shape index (κ2) is 10.9. The lowest BCUT2D eigenvalue weighted by Gasteiger charge is -2.46. The molecule has 3 atom stereocenters. The SMILES string of the molecule is O=C([C@@H]1CCC(=O)N1Cc1c(Cl)cccc1Cl)N1CC2CC(CN(Cc3ccccc3)C2)C1.S. The van der Waals surface area contributed by atoms with Crippen LogP contribution in [0.25, 0.3) is 0 Å². The molecule has 182 valence electrons. The first-order valence-electron chi connectivity index (χ1n) is 11.8. The molecule has 0 aliphatic carbocycles. The van der Waals surface area contributed by atoms with Crippen LogP contribution >= 0.6 is 36.7 Å². The normalized spacial score (nSPS) is 24.8. The molecule has 0 radical (unpaired) electrons. The van der Waals surface area contributed by atoms with E-state index in [4.69, 9.17) is 23.2 Å². The molecule has 0 spiro atoms. The van der Waals surface area contributed by atoms with Crippen molar-refractivity contribution in [3.05, 3.63) is 69.7 Å². The van der Waals surface area contributed by atoms with Gasteiger partial charge < -0.3 is 9.80 Å². The molecule has 2 bridgehead atoms. The Morgan fingerprint density at radius 2 is 1.53 bits per heavy atom. The van der Waals surface area contributed by atoms with E-state index in [9.17, 15) is 9.59 Å². The quantitative estimate of drug-likeness (QED) is 0.580. The average molecular weight is 521 g/mol. The summed E-state index contributed by atoms with van der Waals surface area (Å²) in [4.78, 5) is 32.5. The zero-order valence-electron chi connectivity index (χ0n) is 19.1. The lowest BCUT2D eigenvalue weighted by molar-refractivity contribution is -0.145. The molecule has 3 aliphatic heterocycles. The number of hydrogen-bond acceptors (Lipinski definition) is 3.